The first-order valence-electron chi connectivity index (χ1n) is 8.10. The van der Waals surface area contributed by atoms with Crippen molar-refractivity contribution in [3.8, 4) is 0 Å². The maximum atomic E-state index is 12.2. The number of hydrogen-bond donors (Lipinski definition) is 1. The lowest BCUT2D eigenvalue weighted by Gasteiger charge is -2.36. The molecule has 4 nitrogen and oxygen atoms in total. The van der Waals surface area contributed by atoms with Gasteiger partial charge in [0.05, 0.1) is 12.6 Å². The fourth-order valence-electron chi connectivity index (χ4n) is 3.13. The molecule has 0 saturated heterocycles. The van der Waals surface area contributed by atoms with Gasteiger partial charge in [0.15, 0.2) is 0 Å². The van der Waals surface area contributed by atoms with Crippen molar-refractivity contribution in [3.05, 3.63) is 58.9 Å². The van der Waals surface area contributed by atoms with Gasteiger partial charge >= 0.3 is 0 Å². The summed E-state index contributed by atoms with van der Waals surface area (Å²) in [6, 6.07) is 12.2. The molecule has 2 heterocycles. The molecule has 0 fully saturated rings. The summed E-state index contributed by atoms with van der Waals surface area (Å²) in [6.45, 7) is 4.97. The Balaban J connectivity index is 1.86. The van der Waals surface area contributed by atoms with Gasteiger partial charge in [0.25, 0.3) is 0 Å². The molecule has 1 atom stereocenters. The largest absolute Gasteiger partial charge is 0.355 e. The molecule has 3 rings (SSSR count). The standard InChI is InChI=1S/C18H22ClN3O/c1-2-9-20-17(23)13-22-12-11-21-10-3-4-16(21)18(22)14-5-7-15(19)8-6-14/h3-8,10,18H,2,9,11-13H2,1H3,(H,20,23)/t18-/m0/s1. The Morgan fingerprint density at radius 1 is 1.26 bits per heavy atom. The summed E-state index contributed by atoms with van der Waals surface area (Å²) in [5.41, 5.74) is 2.39. The van der Waals surface area contributed by atoms with Crippen molar-refractivity contribution in [2.45, 2.75) is 25.9 Å². The summed E-state index contributed by atoms with van der Waals surface area (Å²) in [5.74, 6) is 0.0887. The molecule has 5 heteroatoms. The van der Waals surface area contributed by atoms with E-state index in [0.717, 1.165) is 36.6 Å². The van der Waals surface area contributed by atoms with Crippen LogP contribution in [0.5, 0.6) is 0 Å². The lowest BCUT2D eigenvalue weighted by atomic mass is 10.00. The van der Waals surface area contributed by atoms with E-state index < -0.39 is 0 Å². The number of carbonyl (C=O) groups is 1. The zero-order valence-electron chi connectivity index (χ0n) is 13.3. The van der Waals surface area contributed by atoms with Gasteiger partial charge in [0.2, 0.25) is 5.91 Å². The number of hydrogen-bond acceptors (Lipinski definition) is 2. The Kier molecular flexibility index (Phi) is 5.03. The molecular weight excluding hydrogens is 310 g/mol. The van der Waals surface area contributed by atoms with Crippen LogP contribution in [0.25, 0.3) is 0 Å². The molecule has 1 N–H and O–H groups in total. The number of fused-ring (bicyclic) bond motifs is 1. The number of aromatic nitrogens is 1. The van der Waals surface area contributed by atoms with E-state index in [2.05, 4.69) is 40.0 Å². The van der Waals surface area contributed by atoms with E-state index in [9.17, 15) is 4.79 Å². The molecule has 0 bridgehead atoms. The zero-order valence-corrected chi connectivity index (χ0v) is 14.1. The molecule has 0 unspecified atom stereocenters. The van der Waals surface area contributed by atoms with Crippen molar-refractivity contribution in [1.82, 2.24) is 14.8 Å². The van der Waals surface area contributed by atoms with Crippen LogP contribution in [-0.4, -0.2) is 35.0 Å². The van der Waals surface area contributed by atoms with Gasteiger partial charge in [0.1, 0.15) is 0 Å². The van der Waals surface area contributed by atoms with Gasteiger partial charge in [-0.2, -0.15) is 0 Å². The molecule has 1 aromatic heterocycles. The lowest BCUT2D eigenvalue weighted by Crippen LogP contribution is -2.44. The first kappa shape index (κ1) is 16.1. The Hall–Kier alpha value is -1.78. The molecule has 0 saturated carbocycles. The maximum absolute atomic E-state index is 12.2. The summed E-state index contributed by atoms with van der Waals surface area (Å²) >= 11 is 6.02. The highest BCUT2D eigenvalue weighted by Crippen LogP contribution is 2.32. The van der Waals surface area contributed by atoms with E-state index in [1.165, 1.54) is 5.69 Å². The Morgan fingerprint density at radius 2 is 2.04 bits per heavy atom. The Morgan fingerprint density at radius 3 is 2.78 bits per heavy atom. The SMILES string of the molecule is CCCNC(=O)CN1CCn2cccc2[C@@H]1c1ccc(Cl)cc1. The second-order valence-electron chi connectivity index (χ2n) is 5.90. The van der Waals surface area contributed by atoms with Crippen LogP contribution >= 0.6 is 11.6 Å². The fourth-order valence-corrected chi connectivity index (χ4v) is 3.26. The smallest absolute Gasteiger partial charge is 0.234 e. The summed E-state index contributed by atoms with van der Waals surface area (Å²) in [4.78, 5) is 14.4. The van der Waals surface area contributed by atoms with Crippen LogP contribution in [0.3, 0.4) is 0 Å². The minimum atomic E-state index is 0.0865. The number of nitrogens with one attached hydrogen (secondary N) is 1. The van der Waals surface area contributed by atoms with E-state index in [0.29, 0.717) is 6.54 Å². The van der Waals surface area contributed by atoms with Gasteiger partial charge in [-0.3, -0.25) is 9.69 Å². The third kappa shape index (κ3) is 3.59. The van der Waals surface area contributed by atoms with Crippen LogP contribution in [0.2, 0.25) is 5.02 Å². The molecule has 1 aromatic carbocycles. The monoisotopic (exact) mass is 331 g/mol. The van der Waals surface area contributed by atoms with Crippen LogP contribution < -0.4 is 5.32 Å². The summed E-state index contributed by atoms with van der Waals surface area (Å²) in [7, 11) is 0. The highest BCUT2D eigenvalue weighted by molar-refractivity contribution is 6.30. The third-order valence-electron chi connectivity index (χ3n) is 4.24. The van der Waals surface area contributed by atoms with Gasteiger partial charge in [-0.1, -0.05) is 30.7 Å². The van der Waals surface area contributed by atoms with E-state index in [1.54, 1.807) is 0 Å². The summed E-state index contributed by atoms with van der Waals surface area (Å²) in [6.07, 6.45) is 3.06. The summed E-state index contributed by atoms with van der Waals surface area (Å²) in [5, 5.41) is 3.70. The number of halogens is 1. The molecule has 1 aliphatic heterocycles. The highest BCUT2D eigenvalue weighted by atomic mass is 35.5. The van der Waals surface area contributed by atoms with Crippen LogP contribution in [0, 0.1) is 0 Å². The highest BCUT2D eigenvalue weighted by Gasteiger charge is 2.29. The van der Waals surface area contributed by atoms with Crippen molar-refractivity contribution in [3.63, 3.8) is 0 Å². The molecule has 2 aromatic rings. The number of nitrogens with zero attached hydrogens (tertiary/aromatic N) is 2. The fraction of sp³-hybridized carbons (Fsp3) is 0.389. The van der Waals surface area contributed by atoms with Crippen molar-refractivity contribution < 1.29 is 4.79 Å². The average molecular weight is 332 g/mol. The Labute approximate surface area is 142 Å². The van der Waals surface area contributed by atoms with E-state index in [-0.39, 0.29) is 11.9 Å². The van der Waals surface area contributed by atoms with E-state index in [1.807, 2.05) is 24.3 Å². The minimum Gasteiger partial charge on any atom is -0.355 e. The van der Waals surface area contributed by atoms with Crippen LogP contribution in [-0.2, 0) is 11.3 Å². The van der Waals surface area contributed by atoms with Crippen LogP contribution in [0.1, 0.15) is 30.6 Å². The first-order chi connectivity index (χ1) is 11.2. The molecule has 0 spiro atoms. The topological polar surface area (TPSA) is 37.3 Å². The molecular formula is C18H22ClN3O. The quantitative estimate of drug-likeness (QED) is 0.914. The number of benzene rings is 1. The van der Waals surface area contributed by atoms with Gasteiger partial charge in [0, 0.05) is 36.5 Å². The first-order valence-corrected chi connectivity index (χ1v) is 8.48. The molecule has 122 valence electrons. The maximum Gasteiger partial charge on any atom is 0.234 e. The predicted octanol–water partition coefficient (Wildman–Crippen LogP) is 3.07. The Bertz CT molecular complexity index is 665. The van der Waals surface area contributed by atoms with Gasteiger partial charge in [-0.05, 0) is 36.2 Å². The van der Waals surface area contributed by atoms with Gasteiger partial charge in [-0.15, -0.1) is 0 Å². The van der Waals surface area contributed by atoms with Gasteiger partial charge in [-0.25, -0.2) is 0 Å². The van der Waals surface area contributed by atoms with E-state index in [4.69, 9.17) is 11.6 Å². The molecule has 1 aliphatic rings. The van der Waals surface area contributed by atoms with E-state index >= 15 is 0 Å². The number of rotatable bonds is 5. The normalized spacial score (nSPS) is 17.7. The van der Waals surface area contributed by atoms with Crippen molar-refractivity contribution in [1.29, 1.82) is 0 Å². The third-order valence-corrected chi connectivity index (χ3v) is 4.49. The van der Waals surface area contributed by atoms with Gasteiger partial charge < -0.3 is 9.88 Å². The average Bonchev–Trinajstić information content (AvgIpc) is 3.02. The molecule has 0 radical (unpaired) electrons. The molecule has 23 heavy (non-hydrogen) atoms. The minimum absolute atomic E-state index is 0.0865. The van der Waals surface area contributed by atoms with Crippen molar-refractivity contribution in [2.75, 3.05) is 19.6 Å². The molecule has 0 aliphatic carbocycles. The lowest BCUT2D eigenvalue weighted by molar-refractivity contribution is -0.122. The predicted molar refractivity (Wildman–Crippen MR) is 92.6 cm³/mol. The molecule has 1 amide bonds. The van der Waals surface area contributed by atoms with Crippen LogP contribution in [0.4, 0.5) is 0 Å². The zero-order chi connectivity index (χ0) is 16.2. The second-order valence-corrected chi connectivity index (χ2v) is 6.34. The van der Waals surface area contributed by atoms with Crippen molar-refractivity contribution in [2.24, 2.45) is 0 Å². The van der Waals surface area contributed by atoms with Crippen molar-refractivity contribution >= 4 is 17.5 Å². The number of carbonyl (C=O) groups excluding carboxylic acids is 1. The second kappa shape index (κ2) is 7.20. The number of amides is 1. The van der Waals surface area contributed by atoms with Crippen LogP contribution in [0.15, 0.2) is 42.6 Å². The summed E-state index contributed by atoms with van der Waals surface area (Å²) < 4.78 is 2.26.